The first-order valence-electron chi connectivity index (χ1n) is 35.2. The van der Waals surface area contributed by atoms with Gasteiger partial charge in [0.1, 0.15) is 54.4 Å². The zero-order valence-electron chi connectivity index (χ0n) is 61.0. The number of rotatable bonds is 49. The number of hydrogen-bond donors (Lipinski definition) is 22. The van der Waals surface area contributed by atoms with Gasteiger partial charge in [0.25, 0.3) is 0 Å². The smallest absolute Gasteiger partial charge is 0.326 e. The van der Waals surface area contributed by atoms with Gasteiger partial charge in [-0.2, -0.15) is 0 Å². The first kappa shape index (κ1) is 88.2. The fourth-order valence-corrected chi connectivity index (χ4v) is 11.1. The minimum absolute atomic E-state index is 0.000889. The number of carbonyl (C=O) groups is 10. The molecule has 2 aromatic carbocycles. The standard InChI is InChI=1S/C68H114N26O11/c1-37(2)31-49(90-54(95)43(69)20-12-26-80-64(70)71)59(100)86-47(24-15-29-83-67(76)77)57(98)93-52(35-41-36-85-44-21-11-10-19-42(41)44)62(103)89-46(23-14-28-82-66(74)75)56(97)92-50(32-38(3)4)60(101)87-45(22-13-27-81-65(72)73)55(96)91-51(33-39(5)6)61(102)88-48(25-16-30-84-68(78)79)58(99)94-53(63(104)105)34-40-17-8-7-9-18-40/h7-11,17-19,21,36-39,43,45-53,85H,12-16,20,22-35,69H2,1-6H3,(H,86,100)(H,87,101)(H,88,102)(H,89,103)(H,90,95)(H,91,96)(H,92,97)(H,93,98)(H,94,99)(H,104,105)(H4,70,71,80)(H4,72,73,81)(H4,74,75,82)(H4,76,77,83)(H4,78,79,84)/t43-,45-,46-,47-,48-,49-,50-,51-,52-,53-/m0/s1. The van der Waals surface area contributed by atoms with Gasteiger partial charge in [0.15, 0.2) is 29.8 Å². The summed E-state index contributed by atoms with van der Waals surface area (Å²) in [6.07, 6.45) is 2.09. The molecule has 10 atom stereocenters. The van der Waals surface area contributed by atoms with Crippen LogP contribution in [-0.2, 0) is 60.8 Å². The number of benzene rings is 2. The maximum atomic E-state index is 15.2. The summed E-state index contributed by atoms with van der Waals surface area (Å²) in [5.74, 6) is -10.5. The molecule has 0 fully saturated rings. The third kappa shape index (κ3) is 35.2. The van der Waals surface area contributed by atoms with E-state index >= 15 is 9.59 Å². The molecule has 1 aromatic heterocycles. The van der Waals surface area contributed by atoms with Crippen molar-refractivity contribution in [2.75, 3.05) is 32.7 Å². The van der Waals surface area contributed by atoms with Crippen molar-refractivity contribution in [1.82, 2.24) is 52.8 Å². The first-order valence-corrected chi connectivity index (χ1v) is 35.2. The Bertz CT molecular complexity index is 3450. The number of para-hydroxylation sites is 1. The van der Waals surface area contributed by atoms with Crippen LogP contribution in [0.5, 0.6) is 0 Å². The number of aromatic nitrogens is 1. The molecule has 37 heteroatoms. The van der Waals surface area contributed by atoms with Crippen molar-refractivity contribution in [1.29, 1.82) is 0 Å². The molecule has 0 saturated heterocycles. The summed E-state index contributed by atoms with van der Waals surface area (Å²) in [7, 11) is 0. The number of aromatic amines is 1. The third-order valence-electron chi connectivity index (χ3n) is 16.3. The SMILES string of the molecule is CC(C)C[C@H](NC(=O)[C@H](CCCN=C(N)N)NC(=O)[C@H](CC(C)C)NC(=O)[C@H](CCCN=C(N)N)NC(=O)[C@H](Cc1c[nH]c2ccccc12)NC(=O)[C@H](CCCN=C(N)N)NC(=O)[C@H](CC(C)C)NC(=O)[C@@H](N)CCCN=C(N)N)C(=O)N[C@@H](CCCN=C(N)N)C(=O)N[C@@H](Cc1ccccc1)C(=O)O. The van der Waals surface area contributed by atoms with Crippen molar-refractivity contribution < 1.29 is 53.1 Å². The summed E-state index contributed by atoms with van der Waals surface area (Å²) < 4.78 is 0. The van der Waals surface area contributed by atoms with E-state index in [1.165, 1.54) is 0 Å². The molecule has 582 valence electrons. The van der Waals surface area contributed by atoms with Gasteiger partial charge in [0.2, 0.25) is 53.2 Å². The molecule has 1 heterocycles. The lowest BCUT2D eigenvalue weighted by atomic mass is 9.99. The molecule has 0 bridgehead atoms. The highest BCUT2D eigenvalue weighted by Crippen LogP contribution is 2.21. The van der Waals surface area contributed by atoms with Crippen LogP contribution >= 0.6 is 0 Å². The van der Waals surface area contributed by atoms with Crippen LogP contribution in [-0.4, -0.2) is 192 Å². The van der Waals surface area contributed by atoms with Crippen LogP contribution in [0.25, 0.3) is 10.9 Å². The van der Waals surface area contributed by atoms with E-state index in [0.717, 1.165) is 0 Å². The molecule has 0 aliphatic rings. The number of hydrogen-bond acceptors (Lipinski definition) is 16. The molecule has 0 aliphatic heterocycles. The van der Waals surface area contributed by atoms with E-state index in [1.54, 1.807) is 82.4 Å². The molecular weight excluding hydrogens is 1360 g/mol. The predicted molar refractivity (Wildman–Crippen MR) is 403 cm³/mol. The molecule has 3 rings (SSSR count). The molecule has 9 amide bonds. The number of carboxylic acids is 1. The Morgan fingerprint density at radius 2 is 0.648 bits per heavy atom. The van der Waals surface area contributed by atoms with Gasteiger partial charge in [-0.05, 0) is 118 Å². The quantitative estimate of drug-likeness (QED) is 0.0146. The van der Waals surface area contributed by atoms with E-state index in [2.05, 4.69) is 77.8 Å². The highest BCUT2D eigenvalue weighted by Gasteiger charge is 2.37. The van der Waals surface area contributed by atoms with Crippen molar-refractivity contribution in [3.8, 4) is 0 Å². The Morgan fingerprint density at radius 3 is 0.990 bits per heavy atom. The number of aliphatic carboxylic acids is 1. The summed E-state index contributed by atoms with van der Waals surface area (Å²) in [6.45, 7) is 11.1. The molecule has 105 heavy (non-hydrogen) atoms. The zero-order chi connectivity index (χ0) is 78.3. The molecule has 37 nitrogen and oxygen atoms in total. The maximum Gasteiger partial charge on any atom is 0.326 e. The van der Waals surface area contributed by atoms with Gasteiger partial charge in [0.05, 0.1) is 6.04 Å². The zero-order valence-corrected chi connectivity index (χ0v) is 61.0. The lowest BCUT2D eigenvalue weighted by molar-refractivity contribution is -0.142. The first-order chi connectivity index (χ1) is 49.6. The van der Waals surface area contributed by atoms with Gasteiger partial charge >= 0.3 is 5.97 Å². The largest absolute Gasteiger partial charge is 0.480 e. The number of fused-ring (bicyclic) bond motifs is 1. The topological polar surface area (TPSA) is 663 Å². The summed E-state index contributed by atoms with van der Waals surface area (Å²) in [6, 6.07) is 2.23. The van der Waals surface area contributed by atoms with E-state index in [0.29, 0.717) is 28.5 Å². The fourth-order valence-electron chi connectivity index (χ4n) is 11.1. The highest BCUT2D eigenvalue weighted by atomic mass is 16.4. The number of carboxylic acid groups (broad SMARTS) is 1. The highest BCUT2D eigenvalue weighted by molar-refractivity contribution is 5.99. The van der Waals surface area contributed by atoms with E-state index < -0.39 is 120 Å². The van der Waals surface area contributed by atoms with E-state index in [-0.39, 0.29) is 170 Å². The average molecular weight is 1470 g/mol. The third-order valence-corrected chi connectivity index (χ3v) is 16.3. The molecular formula is C68H114N26O11. The van der Waals surface area contributed by atoms with Gasteiger partial charge < -0.3 is 121 Å². The summed E-state index contributed by atoms with van der Waals surface area (Å²) in [5, 5.41) is 35.4. The number of nitrogens with two attached hydrogens (primary N) is 11. The second-order valence-electron chi connectivity index (χ2n) is 26.9. The number of carbonyl (C=O) groups excluding carboxylic acids is 9. The number of nitrogens with one attached hydrogen (secondary N) is 10. The van der Waals surface area contributed by atoms with Crippen LogP contribution in [0.15, 0.2) is 85.8 Å². The van der Waals surface area contributed by atoms with Gasteiger partial charge in [-0.25, -0.2) is 4.79 Å². The van der Waals surface area contributed by atoms with Crippen LogP contribution in [0.4, 0.5) is 0 Å². The predicted octanol–water partition coefficient (Wildman–Crippen LogP) is -3.87. The molecule has 0 radical (unpaired) electrons. The van der Waals surface area contributed by atoms with Crippen molar-refractivity contribution in [2.24, 2.45) is 106 Å². The number of aliphatic imine (C=N–C) groups is 5. The Morgan fingerprint density at radius 1 is 0.362 bits per heavy atom. The van der Waals surface area contributed by atoms with E-state index in [4.69, 9.17) is 63.1 Å². The van der Waals surface area contributed by atoms with Crippen LogP contribution in [0, 0.1) is 17.8 Å². The van der Waals surface area contributed by atoms with Crippen LogP contribution in [0.1, 0.15) is 136 Å². The lowest BCUT2D eigenvalue weighted by Gasteiger charge is -2.29. The van der Waals surface area contributed by atoms with Crippen molar-refractivity contribution >= 4 is 99.8 Å². The monoisotopic (exact) mass is 1470 g/mol. The van der Waals surface area contributed by atoms with Gasteiger partial charge in [0, 0.05) is 62.7 Å². The minimum Gasteiger partial charge on any atom is -0.480 e. The van der Waals surface area contributed by atoms with Crippen molar-refractivity contribution in [2.45, 2.75) is 198 Å². The number of nitrogens with zero attached hydrogens (tertiary/aromatic N) is 5. The Kier molecular flexibility index (Phi) is 39.1. The Hall–Kier alpha value is -11.0. The fraction of sp³-hybridized carbons (Fsp3) is 0.574. The summed E-state index contributed by atoms with van der Waals surface area (Å²) in [4.78, 5) is 167. The summed E-state index contributed by atoms with van der Waals surface area (Å²) >= 11 is 0. The normalized spacial score (nSPS) is 14.0. The lowest BCUT2D eigenvalue weighted by Crippen LogP contribution is -2.61. The van der Waals surface area contributed by atoms with E-state index in [9.17, 15) is 43.5 Å². The molecule has 3 aromatic rings. The van der Waals surface area contributed by atoms with Gasteiger partial charge in [-0.1, -0.05) is 90.1 Å². The number of amides is 9. The Labute approximate surface area is 612 Å². The number of H-pyrrole nitrogens is 1. The van der Waals surface area contributed by atoms with Gasteiger partial charge in [-0.15, -0.1) is 0 Å². The molecule has 0 saturated carbocycles. The average Bonchev–Trinajstić information content (AvgIpc) is 1.76. The number of guanidine groups is 5. The van der Waals surface area contributed by atoms with E-state index in [1.807, 2.05) is 19.9 Å². The second-order valence-corrected chi connectivity index (χ2v) is 26.9. The van der Waals surface area contributed by atoms with Crippen LogP contribution in [0.2, 0.25) is 0 Å². The van der Waals surface area contributed by atoms with Crippen LogP contribution in [0.3, 0.4) is 0 Å². The van der Waals surface area contributed by atoms with Crippen molar-refractivity contribution in [3.63, 3.8) is 0 Å². The van der Waals surface area contributed by atoms with Crippen LogP contribution < -0.4 is 111 Å². The molecule has 0 unspecified atom stereocenters. The maximum absolute atomic E-state index is 15.2. The van der Waals surface area contributed by atoms with Gasteiger partial charge in [-0.3, -0.25) is 68.1 Å². The molecule has 0 spiro atoms. The Balaban J connectivity index is 2.09. The second kappa shape index (κ2) is 46.6. The van der Waals surface area contributed by atoms with Crippen molar-refractivity contribution in [3.05, 3.63) is 71.9 Å². The molecule has 0 aliphatic carbocycles. The minimum atomic E-state index is -1.49. The summed E-state index contributed by atoms with van der Waals surface area (Å²) in [5.41, 5.74) is 64.0. The molecule has 33 N–H and O–H groups in total.